The molecule has 0 fully saturated rings. The van der Waals surface area contributed by atoms with Gasteiger partial charge in [0.05, 0.1) is 19.4 Å². The molecule has 0 spiro atoms. The van der Waals surface area contributed by atoms with Crippen LogP contribution in [0.5, 0.6) is 11.5 Å². The fourth-order valence-corrected chi connectivity index (χ4v) is 1.59. The molecule has 0 aliphatic carbocycles. The summed E-state index contributed by atoms with van der Waals surface area (Å²) in [7, 11) is 1.63. The van der Waals surface area contributed by atoms with Gasteiger partial charge < -0.3 is 14.7 Å². The van der Waals surface area contributed by atoms with Gasteiger partial charge in [-0.1, -0.05) is 17.3 Å². The van der Waals surface area contributed by atoms with Gasteiger partial charge in [0.2, 0.25) is 0 Å². The van der Waals surface area contributed by atoms with E-state index in [0.29, 0.717) is 18.7 Å². The van der Waals surface area contributed by atoms with Crippen LogP contribution in [0.2, 0.25) is 0 Å². The third-order valence-corrected chi connectivity index (χ3v) is 2.50. The Morgan fingerprint density at radius 3 is 2.76 bits per heavy atom. The van der Waals surface area contributed by atoms with Gasteiger partial charge in [-0.15, -0.1) is 0 Å². The van der Waals surface area contributed by atoms with Crippen molar-refractivity contribution < 1.29 is 14.7 Å². The molecule has 4 heteroatoms. The van der Waals surface area contributed by atoms with E-state index in [2.05, 4.69) is 5.16 Å². The van der Waals surface area contributed by atoms with Crippen molar-refractivity contribution in [1.29, 1.82) is 0 Å². The number of nitrogens with zero attached hydrogens (tertiary/aromatic N) is 1. The largest absolute Gasteiger partial charge is 0.493 e. The third kappa shape index (κ3) is 3.66. The molecule has 0 radical (unpaired) electrons. The smallest absolute Gasteiger partial charge is 0.164 e. The summed E-state index contributed by atoms with van der Waals surface area (Å²) in [6, 6.07) is 5.81. The van der Waals surface area contributed by atoms with E-state index < -0.39 is 0 Å². The minimum atomic E-state index is 0.598. The molecule has 0 aromatic heterocycles. The maximum Gasteiger partial charge on any atom is 0.164 e. The molecule has 0 atom stereocenters. The molecule has 0 bridgehead atoms. The number of para-hydroxylation sites is 1. The second kappa shape index (κ2) is 6.78. The first-order valence-electron chi connectivity index (χ1n) is 5.69. The highest BCUT2D eigenvalue weighted by Crippen LogP contribution is 2.31. The number of hydrogen-bond acceptors (Lipinski definition) is 4. The van der Waals surface area contributed by atoms with Crippen LogP contribution in [0.15, 0.2) is 23.4 Å². The maximum atomic E-state index is 8.62. The second-order valence-corrected chi connectivity index (χ2v) is 3.72. The van der Waals surface area contributed by atoms with Crippen molar-refractivity contribution in [3.05, 3.63) is 23.8 Å². The molecule has 1 rings (SSSR count). The summed E-state index contributed by atoms with van der Waals surface area (Å²) < 4.78 is 10.9. The van der Waals surface area contributed by atoms with Crippen molar-refractivity contribution in [2.75, 3.05) is 13.7 Å². The van der Waals surface area contributed by atoms with E-state index in [0.717, 1.165) is 23.5 Å². The van der Waals surface area contributed by atoms with Crippen LogP contribution in [0.4, 0.5) is 0 Å². The summed E-state index contributed by atoms with van der Waals surface area (Å²) in [6.07, 6.45) is 1.46. The van der Waals surface area contributed by atoms with Crippen LogP contribution in [0.3, 0.4) is 0 Å². The average Bonchev–Trinajstić information content (AvgIpc) is 2.37. The van der Waals surface area contributed by atoms with E-state index in [1.165, 1.54) is 0 Å². The zero-order valence-electron chi connectivity index (χ0n) is 10.6. The fourth-order valence-electron chi connectivity index (χ4n) is 1.59. The lowest BCUT2D eigenvalue weighted by Gasteiger charge is -2.13. The molecule has 17 heavy (non-hydrogen) atoms. The summed E-state index contributed by atoms with van der Waals surface area (Å²) in [5, 5.41) is 11.8. The molecule has 1 aromatic rings. The van der Waals surface area contributed by atoms with Gasteiger partial charge in [0, 0.05) is 0 Å². The van der Waals surface area contributed by atoms with Crippen molar-refractivity contribution in [3.8, 4) is 11.5 Å². The van der Waals surface area contributed by atoms with E-state index in [-0.39, 0.29) is 0 Å². The van der Waals surface area contributed by atoms with Gasteiger partial charge in [0.15, 0.2) is 11.5 Å². The highest BCUT2D eigenvalue weighted by molar-refractivity contribution is 5.81. The van der Waals surface area contributed by atoms with Crippen LogP contribution in [0.1, 0.15) is 25.8 Å². The van der Waals surface area contributed by atoms with Gasteiger partial charge in [-0.2, -0.15) is 0 Å². The van der Waals surface area contributed by atoms with Crippen LogP contribution < -0.4 is 9.47 Å². The van der Waals surface area contributed by atoms with Crippen molar-refractivity contribution >= 4 is 5.71 Å². The van der Waals surface area contributed by atoms with Crippen molar-refractivity contribution in [2.45, 2.75) is 26.7 Å². The number of ether oxygens (including phenoxy) is 2. The molecule has 0 aliphatic rings. The number of methoxy groups -OCH3 is 1. The monoisotopic (exact) mass is 237 g/mol. The van der Waals surface area contributed by atoms with E-state index in [1.54, 1.807) is 14.0 Å². The molecule has 1 N–H and O–H groups in total. The first kappa shape index (κ1) is 13.4. The Morgan fingerprint density at radius 2 is 2.18 bits per heavy atom. The van der Waals surface area contributed by atoms with Crippen LogP contribution in [0.25, 0.3) is 0 Å². The molecular formula is C13H19NO3. The maximum absolute atomic E-state index is 8.62. The number of aryl methyl sites for hydroxylation is 1. The van der Waals surface area contributed by atoms with Gasteiger partial charge in [0.1, 0.15) is 0 Å². The van der Waals surface area contributed by atoms with Gasteiger partial charge >= 0.3 is 0 Å². The highest BCUT2D eigenvalue weighted by Gasteiger charge is 2.10. The van der Waals surface area contributed by atoms with E-state index in [9.17, 15) is 0 Å². The molecule has 0 aliphatic heterocycles. The van der Waals surface area contributed by atoms with Gasteiger partial charge in [0.25, 0.3) is 0 Å². The van der Waals surface area contributed by atoms with Crippen LogP contribution in [-0.2, 0) is 6.42 Å². The Bertz CT molecular complexity index is 388. The number of hydrogen-bond donors (Lipinski definition) is 1. The molecule has 0 heterocycles. The summed E-state index contributed by atoms with van der Waals surface area (Å²) in [5.41, 5.74) is 1.77. The topological polar surface area (TPSA) is 51.0 Å². The predicted molar refractivity (Wildman–Crippen MR) is 67.4 cm³/mol. The molecular weight excluding hydrogens is 218 g/mol. The van der Waals surface area contributed by atoms with Gasteiger partial charge in [-0.3, -0.25) is 0 Å². The van der Waals surface area contributed by atoms with Crippen molar-refractivity contribution in [3.63, 3.8) is 0 Å². The van der Waals surface area contributed by atoms with E-state index in [1.807, 2.05) is 25.1 Å². The van der Waals surface area contributed by atoms with Crippen molar-refractivity contribution in [2.24, 2.45) is 5.16 Å². The summed E-state index contributed by atoms with van der Waals surface area (Å²) in [4.78, 5) is 0. The first-order valence-corrected chi connectivity index (χ1v) is 5.69. The number of benzene rings is 1. The molecule has 0 saturated heterocycles. The van der Waals surface area contributed by atoms with Crippen LogP contribution >= 0.6 is 0 Å². The van der Waals surface area contributed by atoms with Crippen molar-refractivity contribution in [1.82, 2.24) is 0 Å². The molecule has 1 aromatic carbocycles. The van der Waals surface area contributed by atoms with E-state index >= 15 is 0 Å². The Morgan fingerprint density at radius 1 is 1.41 bits per heavy atom. The lowest BCUT2D eigenvalue weighted by Crippen LogP contribution is -2.02. The Balaban J connectivity index is 2.89. The Labute approximate surface area is 102 Å². The fraction of sp³-hybridized carbons (Fsp3) is 0.462. The standard InChI is InChI=1S/C13H19NO3/c1-4-17-13-11(9-8-10(2)14-15)6-5-7-12(13)16-3/h5-7,15H,4,8-9H2,1-3H3/b14-10+. The Kier molecular flexibility index (Phi) is 5.33. The summed E-state index contributed by atoms with van der Waals surface area (Å²) >= 11 is 0. The first-order chi connectivity index (χ1) is 8.22. The highest BCUT2D eigenvalue weighted by atomic mass is 16.5. The summed E-state index contributed by atoms with van der Waals surface area (Å²) in [6.45, 7) is 4.33. The van der Waals surface area contributed by atoms with Crippen LogP contribution in [-0.4, -0.2) is 24.6 Å². The van der Waals surface area contributed by atoms with Gasteiger partial charge in [-0.05, 0) is 38.3 Å². The van der Waals surface area contributed by atoms with Gasteiger partial charge in [-0.25, -0.2) is 0 Å². The number of rotatable bonds is 6. The lowest BCUT2D eigenvalue weighted by molar-refractivity contribution is 0.307. The SMILES string of the molecule is CCOc1c(CC/C(C)=N/O)cccc1OC. The molecule has 0 unspecified atom stereocenters. The average molecular weight is 237 g/mol. The van der Waals surface area contributed by atoms with E-state index in [4.69, 9.17) is 14.7 Å². The zero-order chi connectivity index (χ0) is 12.7. The molecule has 0 amide bonds. The quantitative estimate of drug-likeness (QED) is 0.470. The normalized spacial score (nSPS) is 11.4. The number of oxime groups is 1. The minimum absolute atomic E-state index is 0.598. The second-order valence-electron chi connectivity index (χ2n) is 3.72. The minimum Gasteiger partial charge on any atom is -0.493 e. The predicted octanol–water partition coefficient (Wildman–Crippen LogP) is 2.88. The lowest BCUT2D eigenvalue weighted by atomic mass is 10.1. The third-order valence-electron chi connectivity index (χ3n) is 2.50. The molecule has 4 nitrogen and oxygen atoms in total. The Hall–Kier alpha value is -1.71. The molecule has 0 saturated carbocycles. The van der Waals surface area contributed by atoms with Crippen LogP contribution in [0, 0.1) is 0 Å². The molecule has 94 valence electrons. The summed E-state index contributed by atoms with van der Waals surface area (Å²) in [5.74, 6) is 1.52. The zero-order valence-corrected chi connectivity index (χ0v) is 10.6.